The van der Waals surface area contributed by atoms with Crippen LogP contribution in [0.4, 0.5) is 5.69 Å². The minimum Gasteiger partial charge on any atom is -0.491 e. The van der Waals surface area contributed by atoms with Crippen LogP contribution in [0.3, 0.4) is 0 Å². The number of hydrogen-bond acceptors (Lipinski definition) is 4. The van der Waals surface area contributed by atoms with Crippen molar-refractivity contribution in [2.75, 3.05) is 25.6 Å². The Morgan fingerprint density at radius 2 is 1.90 bits per heavy atom. The number of aromatic nitrogens is 1. The molecular formula is C15H17BrN2O2. The van der Waals surface area contributed by atoms with Crippen LogP contribution in [0, 0.1) is 0 Å². The summed E-state index contributed by atoms with van der Waals surface area (Å²) < 4.78 is 11.4. The van der Waals surface area contributed by atoms with Gasteiger partial charge in [-0.25, -0.2) is 0 Å². The zero-order valence-corrected chi connectivity index (χ0v) is 12.9. The number of pyridine rings is 1. The second-order valence-corrected chi connectivity index (χ2v) is 5.10. The van der Waals surface area contributed by atoms with Crippen LogP contribution in [0.2, 0.25) is 0 Å². The van der Waals surface area contributed by atoms with E-state index in [-0.39, 0.29) is 0 Å². The molecule has 0 spiro atoms. The van der Waals surface area contributed by atoms with E-state index < -0.39 is 0 Å². The smallest absolute Gasteiger partial charge is 0.119 e. The highest BCUT2D eigenvalue weighted by Gasteiger charge is 1.97. The molecule has 1 N–H and O–H groups in total. The van der Waals surface area contributed by atoms with Crippen molar-refractivity contribution < 1.29 is 9.47 Å². The summed E-state index contributed by atoms with van der Waals surface area (Å²) in [5.41, 5.74) is 2.03. The Labute approximate surface area is 127 Å². The van der Waals surface area contributed by atoms with E-state index in [1.165, 1.54) is 0 Å². The Morgan fingerprint density at radius 1 is 1.10 bits per heavy atom. The van der Waals surface area contributed by atoms with Crippen molar-refractivity contribution in [3.63, 3.8) is 0 Å². The Hall–Kier alpha value is -1.59. The summed E-state index contributed by atoms with van der Waals surface area (Å²) in [6.45, 7) is 1.85. The summed E-state index contributed by atoms with van der Waals surface area (Å²) >= 11 is 3.37. The molecule has 106 valence electrons. The van der Waals surface area contributed by atoms with E-state index in [9.17, 15) is 0 Å². The summed E-state index contributed by atoms with van der Waals surface area (Å²) in [4.78, 5) is 4.31. The van der Waals surface area contributed by atoms with Crippen molar-refractivity contribution in [1.82, 2.24) is 4.98 Å². The molecule has 0 aliphatic heterocycles. The number of rotatable bonds is 7. The van der Waals surface area contributed by atoms with Crippen LogP contribution in [-0.4, -0.2) is 25.3 Å². The van der Waals surface area contributed by atoms with Gasteiger partial charge in [-0.15, -0.1) is 0 Å². The lowest BCUT2D eigenvalue weighted by molar-refractivity contribution is 0.146. The number of methoxy groups -OCH3 is 1. The number of ether oxygens (including phenoxy) is 2. The first-order valence-electron chi connectivity index (χ1n) is 6.34. The molecule has 0 aliphatic rings. The second kappa shape index (κ2) is 7.87. The normalized spacial score (nSPS) is 10.3. The van der Waals surface area contributed by atoms with Gasteiger partial charge in [-0.05, 0) is 52.3 Å². The van der Waals surface area contributed by atoms with E-state index in [4.69, 9.17) is 9.47 Å². The van der Waals surface area contributed by atoms with Gasteiger partial charge in [0.25, 0.3) is 0 Å². The fourth-order valence-electron chi connectivity index (χ4n) is 1.62. The number of halogens is 1. The highest BCUT2D eigenvalue weighted by molar-refractivity contribution is 9.10. The lowest BCUT2D eigenvalue weighted by atomic mass is 10.3. The van der Waals surface area contributed by atoms with Crippen LogP contribution in [-0.2, 0) is 11.3 Å². The van der Waals surface area contributed by atoms with Crippen LogP contribution < -0.4 is 10.1 Å². The van der Waals surface area contributed by atoms with Gasteiger partial charge in [-0.2, -0.15) is 0 Å². The largest absolute Gasteiger partial charge is 0.491 e. The topological polar surface area (TPSA) is 43.4 Å². The number of benzene rings is 1. The minimum atomic E-state index is 0.562. The number of nitrogens with one attached hydrogen (secondary N) is 1. The van der Waals surface area contributed by atoms with Crippen molar-refractivity contribution in [3.05, 3.63) is 52.8 Å². The second-order valence-electron chi connectivity index (χ2n) is 4.19. The molecule has 1 aromatic heterocycles. The lowest BCUT2D eigenvalue weighted by Crippen LogP contribution is -2.04. The molecule has 0 fully saturated rings. The molecule has 20 heavy (non-hydrogen) atoms. The van der Waals surface area contributed by atoms with Gasteiger partial charge in [0, 0.05) is 23.5 Å². The summed E-state index contributed by atoms with van der Waals surface area (Å²) in [5, 5.41) is 3.32. The van der Waals surface area contributed by atoms with Crippen LogP contribution in [0.5, 0.6) is 5.75 Å². The number of anilines is 1. The van der Waals surface area contributed by atoms with Gasteiger partial charge in [0.05, 0.1) is 18.8 Å². The molecule has 5 heteroatoms. The molecule has 0 atom stereocenters. The fraction of sp³-hybridized carbons (Fsp3) is 0.267. The van der Waals surface area contributed by atoms with Crippen LogP contribution in [0.1, 0.15) is 5.69 Å². The molecule has 0 amide bonds. The zero-order chi connectivity index (χ0) is 14.2. The maximum atomic E-state index is 5.51. The Kier molecular flexibility index (Phi) is 5.83. The van der Waals surface area contributed by atoms with Gasteiger partial charge in [0.1, 0.15) is 12.4 Å². The minimum absolute atomic E-state index is 0.562. The lowest BCUT2D eigenvalue weighted by Gasteiger charge is -2.08. The van der Waals surface area contributed by atoms with Crippen LogP contribution >= 0.6 is 15.9 Å². The molecule has 0 saturated heterocycles. The maximum Gasteiger partial charge on any atom is 0.119 e. The molecule has 4 nitrogen and oxygen atoms in total. The average molecular weight is 337 g/mol. The maximum absolute atomic E-state index is 5.51. The van der Waals surface area contributed by atoms with Crippen LogP contribution in [0.25, 0.3) is 0 Å². The Bertz CT molecular complexity index is 514. The van der Waals surface area contributed by atoms with E-state index in [1.807, 2.05) is 36.4 Å². The Morgan fingerprint density at radius 3 is 2.55 bits per heavy atom. The van der Waals surface area contributed by atoms with E-state index >= 15 is 0 Å². The molecule has 0 aliphatic carbocycles. The first-order valence-corrected chi connectivity index (χ1v) is 7.13. The van der Waals surface area contributed by atoms with Crippen LogP contribution in [0.15, 0.2) is 47.1 Å². The molecule has 2 rings (SSSR count). The van der Waals surface area contributed by atoms with Gasteiger partial charge < -0.3 is 14.8 Å². The average Bonchev–Trinajstić information content (AvgIpc) is 2.48. The van der Waals surface area contributed by atoms with Gasteiger partial charge in [0.2, 0.25) is 0 Å². The quantitative estimate of drug-likeness (QED) is 0.786. The van der Waals surface area contributed by atoms with Crippen molar-refractivity contribution in [3.8, 4) is 5.75 Å². The Balaban J connectivity index is 1.82. The standard InChI is InChI=1S/C15H17BrN2O2/c1-19-8-9-20-15-6-4-13(5-7-15)18-11-14-3-2-12(16)10-17-14/h2-7,10,18H,8-9,11H2,1H3. The highest BCUT2D eigenvalue weighted by Crippen LogP contribution is 2.16. The van der Waals surface area contributed by atoms with Crippen molar-refractivity contribution in [1.29, 1.82) is 0 Å². The SMILES string of the molecule is COCCOc1ccc(NCc2ccc(Br)cn2)cc1. The van der Waals surface area contributed by atoms with Crippen molar-refractivity contribution in [2.24, 2.45) is 0 Å². The summed E-state index contributed by atoms with van der Waals surface area (Å²) in [6.07, 6.45) is 1.80. The third-order valence-corrected chi connectivity index (χ3v) is 3.14. The molecule has 2 aromatic rings. The summed E-state index contributed by atoms with van der Waals surface area (Å²) in [5.74, 6) is 0.842. The predicted molar refractivity (Wildman–Crippen MR) is 83.1 cm³/mol. The van der Waals surface area contributed by atoms with Gasteiger partial charge in [0.15, 0.2) is 0 Å². The monoisotopic (exact) mass is 336 g/mol. The molecular weight excluding hydrogens is 320 g/mol. The fourth-order valence-corrected chi connectivity index (χ4v) is 1.85. The first-order chi connectivity index (χ1) is 9.78. The highest BCUT2D eigenvalue weighted by atomic mass is 79.9. The first kappa shape index (κ1) is 14.8. The summed E-state index contributed by atoms with van der Waals surface area (Å²) in [6, 6.07) is 11.8. The molecule has 1 heterocycles. The molecule has 0 bridgehead atoms. The third-order valence-electron chi connectivity index (χ3n) is 2.67. The van der Waals surface area contributed by atoms with E-state index in [0.29, 0.717) is 19.8 Å². The van der Waals surface area contributed by atoms with Gasteiger partial charge in [-0.3, -0.25) is 4.98 Å². The van der Waals surface area contributed by atoms with E-state index in [2.05, 4.69) is 26.2 Å². The van der Waals surface area contributed by atoms with E-state index in [0.717, 1.165) is 21.6 Å². The van der Waals surface area contributed by atoms with E-state index in [1.54, 1.807) is 13.3 Å². The molecule has 0 unspecified atom stereocenters. The van der Waals surface area contributed by atoms with Crippen molar-refractivity contribution in [2.45, 2.75) is 6.54 Å². The third kappa shape index (κ3) is 4.83. The molecule has 0 radical (unpaired) electrons. The number of nitrogens with zero attached hydrogens (tertiary/aromatic N) is 1. The predicted octanol–water partition coefficient (Wildman–Crippen LogP) is 3.48. The zero-order valence-electron chi connectivity index (χ0n) is 11.3. The van der Waals surface area contributed by atoms with Gasteiger partial charge >= 0.3 is 0 Å². The number of hydrogen-bond donors (Lipinski definition) is 1. The molecule has 0 saturated carbocycles. The van der Waals surface area contributed by atoms with Gasteiger partial charge in [-0.1, -0.05) is 0 Å². The summed E-state index contributed by atoms with van der Waals surface area (Å²) in [7, 11) is 1.66. The van der Waals surface area contributed by atoms with Crippen molar-refractivity contribution >= 4 is 21.6 Å². The molecule has 1 aromatic carbocycles.